The van der Waals surface area contributed by atoms with Crippen molar-refractivity contribution in [2.45, 2.75) is 13.0 Å². The third-order valence-electron chi connectivity index (χ3n) is 2.12. The van der Waals surface area contributed by atoms with Gasteiger partial charge in [-0.15, -0.1) is 0 Å². The van der Waals surface area contributed by atoms with Gasteiger partial charge in [-0.25, -0.2) is 0 Å². The van der Waals surface area contributed by atoms with E-state index in [9.17, 15) is 0 Å². The zero-order chi connectivity index (χ0) is 10.2. The number of aliphatic hydroxyl groups excluding tert-OH is 2. The highest BCUT2D eigenvalue weighted by Crippen LogP contribution is 2.03. The first-order chi connectivity index (χ1) is 6.86. The highest BCUT2D eigenvalue weighted by atomic mass is 16.3. The van der Waals surface area contributed by atoms with Gasteiger partial charge in [-0.1, -0.05) is 0 Å². The van der Waals surface area contributed by atoms with Crippen molar-refractivity contribution >= 4 is 0 Å². The van der Waals surface area contributed by atoms with E-state index in [-0.39, 0.29) is 13.2 Å². The van der Waals surface area contributed by atoms with Crippen molar-refractivity contribution in [3.8, 4) is 0 Å². The van der Waals surface area contributed by atoms with E-state index in [1.165, 1.54) is 5.56 Å². The predicted octanol–water partition coefficient (Wildman–Crippen LogP) is 0.191. The molecule has 4 nitrogen and oxygen atoms in total. The number of nitrogens with zero attached hydrogens (tertiary/aromatic N) is 1. The molecular weight excluding hydrogens is 180 g/mol. The Morgan fingerprint density at radius 2 is 2.07 bits per heavy atom. The van der Waals surface area contributed by atoms with E-state index in [0.717, 1.165) is 19.5 Å². The van der Waals surface area contributed by atoms with Crippen LogP contribution in [0.4, 0.5) is 0 Å². The maximum atomic E-state index is 8.85. The monoisotopic (exact) mass is 198 g/mol. The molecule has 0 saturated heterocycles. The first-order valence-electron chi connectivity index (χ1n) is 4.92. The lowest BCUT2D eigenvalue weighted by Crippen LogP contribution is -2.27. The quantitative estimate of drug-likeness (QED) is 0.586. The van der Waals surface area contributed by atoms with Crippen molar-refractivity contribution in [1.82, 2.24) is 9.88 Å². The van der Waals surface area contributed by atoms with Crippen LogP contribution >= 0.6 is 0 Å². The Hall–Kier alpha value is -0.840. The summed E-state index contributed by atoms with van der Waals surface area (Å²) in [4.78, 5) is 5.12. The number of hydrogen-bond donors (Lipinski definition) is 3. The number of nitrogens with one attached hydrogen (secondary N) is 1. The van der Waals surface area contributed by atoms with Crippen LogP contribution in [0.3, 0.4) is 0 Å². The summed E-state index contributed by atoms with van der Waals surface area (Å²) >= 11 is 0. The van der Waals surface area contributed by atoms with Crippen molar-refractivity contribution in [2.75, 3.05) is 26.3 Å². The van der Waals surface area contributed by atoms with Crippen molar-refractivity contribution in [3.63, 3.8) is 0 Å². The van der Waals surface area contributed by atoms with Gasteiger partial charge in [0, 0.05) is 38.6 Å². The topological polar surface area (TPSA) is 59.5 Å². The molecule has 1 aromatic rings. The second kappa shape index (κ2) is 6.59. The number of aliphatic hydroxyl groups is 2. The number of aromatic amines is 1. The van der Waals surface area contributed by atoms with E-state index in [2.05, 4.69) is 9.88 Å². The highest BCUT2D eigenvalue weighted by molar-refractivity contribution is 5.07. The lowest BCUT2D eigenvalue weighted by Gasteiger charge is -2.19. The Balaban J connectivity index is 2.34. The summed E-state index contributed by atoms with van der Waals surface area (Å²) < 4.78 is 0. The molecule has 0 aliphatic rings. The molecule has 0 saturated carbocycles. The van der Waals surface area contributed by atoms with Crippen molar-refractivity contribution in [3.05, 3.63) is 24.0 Å². The molecule has 0 amide bonds. The minimum absolute atomic E-state index is 0.163. The Bertz CT molecular complexity index is 224. The number of H-pyrrole nitrogens is 1. The molecule has 0 unspecified atom stereocenters. The second-order valence-corrected chi connectivity index (χ2v) is 3.30. The average Bonchev–Trinajstić information content (AvgIpc) is 2.67. The van der Waals surface area contributed by atoms with E-state index in [0.29, 0.717) is 6.54 Å². The van der Waals surface area contributed by atoms with Crippen LogP contribution in [0.5, 0.6) is 0 Å². The van der Waals surface area contributed by atoms with Gasteiger partial charge < -0.3 is 15.2 Å². The predicted molar refractivity (Wildman–Crippen MR) is 54.9 cm³/mol. The molecule has 0 aliphatic heterocycles. The SMILES string of the molecule is OCCCN(CCO)Cc1cc[nH]c1. The Morgan fingerprint density at radius 1 is 1.21 bits per heavy atom. The third kappa shape index (κ3) is 3.91. The smallest absolute Gasteiger partial charge is 0.0558 e. The first-order valence-corrected chi connectivity index (χ1v) is 4.92. The summed E-state index contributed by atoms with van der Waals surface area (Å²) in [5.41, 5.74) is 1.20. The molecule has 0 radical (unpaired) electrons. The molecular formula is C10H18N2O2. The Morgan fingerprint density at radius 3 is 2.64 bits per heavy atom. The molecule has 1 aromatic heterocycles. The zero-order valence-corrected chi connectivity index (χ0v) is 8.32. The normalized spacial score (nSPS) is 11.1. The summed E-state index contributed by atoms with van der Waals surface area (Å²) in [7, 11) is 0. The average molecular weight is 198 g/mol. The fraction of sp³-hybridized carbons (Fsp3) is 0.600. The van der Waals surface area contributed by atoms with Gasteiger partial charge in [-0.3, -0.25) is 4.90 Å². The van der Waals surface area contributed by atoms with E-state index in [4.69, 9.17) is 10.2 Å². The largest absolute Gasteiger partial charge is 0.396 e. The van der Waals surface area contributed by atoms with Gasteiger partial charge in [-0.2, -0.15) is 0 Å². The minimum atomic E-state index is 0.163. The van der Waals surface area contributed by atoms with Crippen LogP contribution in [-0.4, -0.2) is 46.4 Å². The van der Waals surface area contributed by atoms with E-state index in [1.54, 1.807) is 0 Å². The van der Waals surface area contributed by atoms with Crippen LogP contribution in [0.25, 0.3) is 0 Å². The molecule has 1 rings (SSSR count). The maximum Gasteiger partial charge on any atom is 0.0558 e. The van der Waals surface area contributed by atoms with Crippen molar-refractivity contribution < 1.29 is 10.2 Å². The van der Waals surface area contributed by atoms with Gasteiger partial charge in [0.1, 0.15) is 0 Å². The van der Waals surface area contributed by atoms with E-state index < -0.39 is 0 Å². The van der Waals surface area contributed by atoms with Crippen molar-refractivity contribution in [1.29, 1.82) is 0 Å². The number of hydrogen-bond acceptors (Lipinski definition) is 3. The van der Waals surface area contributed by atoms with Crippen molar-refractivity contribution in [2.24, 2.45) is 0 Å². The van der Waals surface area contributed by atoms with Gasteiger partial charge in [0.2, 0.25) is 0 Å². The maximum absolute atomic E-state index is 8.85. The fourth-order valence-electron chi connectivity index (χ4n) is 1.42. The molecule has 0 aliphatic carbocycles. The van der Waals surface area contributed by atoms with Crippen LogP contribution in [-0.2, 0) is 6.54 Å². The summed E-state index contributed by atoms with van der Waals surface area (Å²) in [5.74, 6) is 0. The van der Waals surface area contributed by atoms with Gasteiger partial charge in [0.15, 0.2) is 0 Å². The van der Waals surface area contributed by atoms with Crippen LogP contribution in [0.1, 0.15) is 12.0 Å². The van der Waals surface area contributed by atoms with Gasteiger partial charge >= 0.3 is 0 Å². The standard InChI is InChI=1S/C10H18N2O2/c13-6-1-4-12(5-7-14)9-10-2-3-11-8-10/h2-3,8,11,13-14H,1,4-7,9H2. The Labute approximate surface area is 84.2 Å². The fourth-order valence-corrected chi connectivity index (χ4v) is 1.42. The lowest BCUT2D eigenvalue weighted by atomic mass is 10.3. The van der Waals surface area contributed by atoms with Crippen LogP contribution in [0.15, 0.2) is 18.5 Å². The number of aromatic nitrogens is 1. The van der Waals surface area contributed by atoms with Gasteiger partial charge in [0.05, 0.1) is 6.61 Å². The molecule has 0 fully saturated rings. The molecule has 0 atom stereocenters. The summed E-state index contributed by atoms with van der Waals surface area (Å²) in [5, 5.41) is 17.6. The second-order valence-electron chi connectivity index (χ2n) is 3.30. The molecule has 1 heterocycles. The van der Waals surface area contributed by atoms with Gasteiger partial charge in [-0.05, 0) is 18.1 Å². The zero-order valence-electron chi connectivity index (χ0n) is 8.32. The van der Waals surface area contributed by atoms with E-state index >= 15 is 0 Å². The molecule has 0 bridgehead atoms. The Kier molecular flexibility index (Phi) is 5.29. The number of rotatable bonds is 7. The van der Waals surface area contributed by atoms with Crippen LogP contribution in [0.2, 0.25) is 0 Å². The lowest BCUT2D eigenvalue weighted by molar-refractivity contribution is 0.174. The summed E-state index contributed by atoms with van der Waals surface area (Å²) in [6.45, 7) is 2.67. The summed E-state index contributed by atoms with van der Waals surface area (Å²) in [6.07, 6.45) is 4.59. The molecule has 4 heteroatoms. The molecule has 3 N–H and O–H groups in total. The molecule has 0 aromatic carbocycles. The summed E-state index contributed by atoms with van der Waals surface area (Å²) in [6, 6.07) is 2.02. The third-order valence-corrected chi connectivity index (χ3v) is 2.12. The highest BCUT2D eigenvalue weighted by Gasteiger charge is 2.04. The van der Waals surface area contributed by atoms with Crippen LogP contribution < -0.4 is 0 Å². The molecule has 14 heavy (non-hydrogen) atoms. The molecule has 0 spiro atoms. The van der Waals surface area contributed by atoms with Gasteiger partial charge in [0.25, 0.3) is 0 Å². The van der Waals surface area contributed by atoms with Crippen LogP contribution in [0, 0.1) is 0 Å². The molecule has 80 valence electrons. The first kappa shape index (κ1) is 11.2. The minimum Gasteiger partial charge on any atom is -0.396 e. The van der Waals surface area contributed by atoms with E-state index in [1.807, 2.05) is 18.5 Å².